The number of amides is 1. The van der Waals surface area contributed by atoms with E-state index < -0.39 is 0 Å². The van der Waals surface area contributed by atoms with Gasteiger partial charge in [0.25, 0.3) is 0 Å². The lowest BCUT2D eigenvalue weighted by atomic mass is 10.1. The smallest absolute Gasteiger partial charge is 0.238 e. The Labute approximate surface area is 145 Å². The molecule has 1 amide bonds. The largest absolute Gasteiger partial charge is 0.496 e. The second-order valence-corrected chi connectivity index (χ2v) is 5.73. The van der Waals surface area contributed by atoms with Crippen molar-refractivity contribution >= 4 is 34.8 Å². The van der Waals surface area contributed by atoms with Crippen LogP contribution in [-0.4, -0.2) is 26.1 Å². The second kappa shape index (κ2) is 8.77. The summed E-state index contributed by atoms with van der Waals surface area (Å²) in [6.07, 6.45) is 0.782. The van der Waals surface area contributed by atoms with Gasteiger partial charge in [-0.25, -0.2) is 0 Å². The van der Waals surface area contributed by atoms with E-state index in [2.05, 4.69) is 10.6 Å². The highest BCUT2D eigenvalue weighted by Gasteiger charge is 2.05. The van der Waals surface area contributed by atoms with E-state index in [9.17, 15) is 4.79 Å². The summed E-state index contributed by atoms with van der Waals surface area (Å²) in [4.78, 5) is 11.9. The Morgan fingerprint density at radius 1 is 1.13 bits per heavy atom. The summed E-state index contributed by atoms with van der Waals surface area (Å²) in [5, 5.41) is 6.74. The first-order valence-electron chi connectivity index (χ1n) is 7.17. The molecule has 23 heavy (non-hydrogen) atoms. The Bertz CT molecular complexity index is 677. The van der Waals surface area contributed by atoms with Crippen LogP contribution >= 0.6 is 23.2 Å². The highest BCUT2D eigenvalue weighted by molar-refractivity contribution is 6.42. The first-order chi connectivity index (χ1) is 11.1. The quantitative estimate of drug-likeness (QED) is 0.745. The number of hydrogen-bond acceptors (Lipinski definition) is 3. The van der Waals surface area contributed by atoms with Crippen LogP contribution in [0.4, 0.5) is 5.69 Å². The maximum absolute atomic E-state index is 11.9. The van der Waals surface area contributed by atoms with Crippen LogP contribution in [0, 0.1) is 0 Å². The van der Waals surface area contributed by atoms with Crippen molar-refractivity contribution in [3.63, 3.8) is 0 Å². The van der Waals surface area contributed by atoms with Crippen molar-refractivity contribution in [1.29, 1.82) is 0 Å². The predicted octanol–water partition coefficient (Wildman–Crippen LogP) is 3.77. The zero-order valence-corrected chi connectivity index (χ0v) is 14.2. The topological polar surface area (TPSA) is 50.4 Å². The van der Waals surface area contributed by atoms with E-state index in [1.54, 1.807) is 25.3 Å². The van der Waals surface area contributed by atoms with Gasteiger partial charge in [0.2, 0.25) is 5.91 Å². The van der Waals surface area contributed by atoms with Gasteiger partial charge in [0, 0.05) is 5.69 Å². The number of hydrogen-bond donors (Lipinski definition) is 2. The summed E-state index contributed by atoms with van der Waals surface area (Å²) in [5.74, 6) is 0.720. The van der Waals surface area contributed by atoms with Gasteiger partial charge in [-0.3, -0.25) is 4.79 Å². The molecule has 0 aromatic heterocycles. The molecular formula is C17H18Cl2N2O2. The van der Waals surface area contributed by atoms with Crippen LogP contribution in [0.25, 0.3) is 0 Å². The molecule has 0 spiro atoms. The average Bonchev–Trinajstić information content (AvgIpc) is 2.55. The lowest BCUT2D eigenvalue weighted by Crippen LogP contribution is -2.29. The van der Waals surface area contributed by atoms with Gasteiger partial charge in [-0.2, -0.15) is 0 Å². The fraction of sp³-hybridized carbons (Fsp3) is 0.235. The number of nitrogens with one attached hydrogen (secondary N) is 2. The van der Waals surface area contributed by atoms with Crippen LogP contribution in [0.2, 0.25) is 10.0 Å². The van der Waals surface area contributed by atoms with Crippen LogP contribution in [0.1, 0.15) is 5.56 Å². The third-order valence-corrected chi connectivity index (χ3v) is 3.99. The molecule has 0 bridgehead atoms. The Kier molecular flexibility index (Phi) is 6.71. The molecule has 0 aliphatic rings. The van der Waals surface area contributed by atoms with Gasteiger partial charge in [0.1, 0.15) is 5.75 Å². The lowest BCUT2D eigenvalue weighted by Gasteiger charge is -2.09. The Balaban J connectivity index is 1.75. The molecule has 0 fully saturated rings. The van der Waals surface area contributed by atoms with E-state index in [1.165, 1.54) is 0 Å². The number of para-hydroxylation sites is 1. The van der Waals surface area contributed by atoms with Crippen molar-refractivity contribution in [2.45, 2.75) is 6.42 Å². The minimum absolute atomic E-state index is 0.136. The standard InChI is InChI=1S/C17H18Cl2N2O2/c1-23-16-5-3-2-4-12(16)8-9-20-11-17(22)21-13-6-7-14(18)15(19)10-13/h2-7,10,20H,8-9,11H2,1H3,(H,21,22). The Morgan fingerprint density at radius 2 is 1.91 bits per heavy atom. The number of anilines is 1. The van der Waals surface area contributed by atoms with Crippen LogP contribution in [-0.2, 0) is 11.2 Å². The number of halogens is 2. The fourth-order valence-corrected chi connectivity index (χ4v) is 2.41. The van der Waals surface area contributed by atoms with E-state index in [-0.39, 0.29) is 12.5 Å². The van der Waals surface area contributed by atoms with Gasteiger partial charge in [0.15, 0.2) is 0 Å². The minimum Gasteiger partial charge on any atom is -0.496 e. The lowest BCUT2D eigenvalue weighted by molar-refractivity contribution is -0.115. The molecule has 2 N–H and O–H groups in total. The summed E-state index contributed by atoms with van der Waals surface area (Å²) in [6.45, 7) is 0.893. The number of carbonyl (C=O) groups excluding carboxylic acids is 1. The summed E-state index contributed by atoms with van der Waals surface area (Å²) < 4.78 is 5.29. The Hall–Kier alpha value is -1.75. The molecule has 0 radical (unpaired) electrons. The third-order valence-electron chi connectivity index (χ3n) is 3.25. The predicted molar refractivity (Wildman–Crippen MR) is 94.7 cm³/mol. The van der Waals surface area contributed by atoms with Gasteiger partial charge < -0.3 is 15.4 Å². The van der Waals surface area contributed by atoms with Crippen LogP contribution in [0.15, 0.2) is 42.5 Å². The highest BCUT2D eigenvalue weighted by atomic mass is 35.5. The minimum atomic E-state index is -0.136. The van der Waals surface area contributed by atoms with Crippen LogP contribution in [0.5, 0.6) is 5.75 Å². The molecule has 0 aliphatic carbocycles. The number of carbonyl (C=O) groups is 1. The van der Waals surface area contributed by atoms with Gasteiger partial charge in [-0.1, -0.05) is 41.4 Å². The van der Waals surface area contributed by atoms with E-state index >= 15 is 0 Å². The van der Waals surface area contributed by atoms with E-state index in [4.69, 9.17) is 27.9 Å². The number of methoxy groups -OCH3 is 1. The molecule has 0 aliphatic heterocycles. The summed E-state index contributed by atoms with van der Waals surface area (Å²) in [7, 11) is 1.65. The van der Waals surface area contributed by atoms with Gasteiger partial charge in [-0.15, -0.1) is 0 Å². The van der Waals surface area contributed by atoms with Crippen molar-refractivity contribution in [3.8, 4) is 5.75 Å². The third kappa shape index (κ3) is 5.43. The highest BCUT2D eigenvalue weighted by Crippen LogP contribution is 2.24. The van der Waals surface area contributed by atoms with Crippen molar-refractivity contribution in [2.24, 2.45) is 0 Å². The van der Waals surface area contributed by atoms with Gasteiger partial charge in [-0.05, 0) is 42.8 Å². The van der Waals surface area contributed by atoms with E-state index in [0.717, 1.165) is 17.7 Å². The zero-order chi connectivity index (χ0) is 16.7. The molecule has 0 saturated heterocycles. The van der Waals surface area contributed by atoms with E-state index in [0.29, 0.717) is 22.3 Å². The first kappa shape index (κ1) is 17.6. The summed E-state index contributed by atoms with van der Waals surface area (Å²) in [6, 6.07) is 12.8. The molecule has 4 nitrogen and oxygen atoms in total. The number of benzene rings is 2. The monoisotopic (exact) mass is 352 g/mol. The van der Waals surface area contributed by atoms with E-state index in [1.807, 2.05) is 24.3 Å². The van der Waals surface area contributed by atoms with Crippen LogP contribution < -0.4 is 15.4 Å². The average molecular weight is 353 g/mol. The van der Waals surface area contributed by atoms with Crippen molar-refractivity contribution in [2.75, 3.05) is 25.5 Å². The Morgan fingerprint density at radius 3 is 2.65 bits per heavy atom. The van der Waals surface area contributed by atoms with Crippen LogP contribution in [0.3, 0.4) is 0 Å². The fourth-order valence-electron chi connectivity index (χ4n) is 2.11. The molecular weight excluding hydrogens is 335 g/mol. The summed E-state index contributed by atoms with van der Waals surface area (Å²) >= 11 is 11.7. The molecule has 0 unspecified atom stereocenters. The molecule has 0 atom stereocenters. The van der Waals surface area contributed by atoms with Gasteiger partial charge >= 0.3 is 0 Å². The number of ether oxygens (including phenoxy) is 1. The second-order valence-electron chi connectivity index (χ2n) is 4.92. The molecule has 2 aromatic carbocycles. The molecule has 6 heteroatoms. The zero-order valence-electron chi connectivity index (χ0n) is 12.7. The number of rotatable bonds is 7. The molecule has 2 rings (SSSR count). The first-order valence-corrected chi connectivity index (χ1v) is 7.93. The molecule has 122 valence electrons. The molecule has 2 aromatic rings. The SMILES string of the molecule is COc1ccccc1CCNCC(=O)Nc1ccc(Cl)c(Cl)c1. The molecule has 0 saturated carbocycles. The maximum atomic E-state index is 11.9. The molecule has 0 heterocycles. The normalized spacial score (nSPS) is 10.4. The summed E-state index contributed by atoms with van der Waals surface area (Å²) in [5.41, 5.74) is 1.73. The van der Waals surface area contributed by atoms with Crippen molar-refractivity contribution in [1.82, 2.24) is 5.32 Å². The van der Waals surface area contributed by atoms with Gasteiger partial charge in [0.05, 0.1) is 23.7 Å². The maximum Gasteiger partial charge on any atom is 0.238 e. The van der Waals surface area contributed by atoms with Crippen molar-refractivity contribution < 1.29 is 9.53 Å². The van der Waals surface area contributed by atoms with Crippen molar-refractivity contribution in [3.05, 3.63) is 58.1 Å².